The van der Waals surface area contributed by atoms with Gasteiger partial charge in [-0.05, 0) is 43.0 Å². The molecular formula is C24H29F2N5O. The number of hydrogen-bond donors (Lipinski definition) is 2. The largest absolute Gasteiger partial charge is 0.368 e. The molecule has 3 N–H and O–H groups in total. The van der Waals surface area contributed by atoms with E-state index in [0.29, 0.717) is 18.4 Å². The SMILES string of the molecule is CN(C)c1nc(N)nc2ccccc12.O=C(NCC1CCCCC1)c1cc(F)cc(F)c1. The summed E-state index contributed by atoms with van der Waals surface area (Å²) in [4.78, 5) is 22.0. The molecule has 170 valence electrons. The zero-order valence-electron chi connectivity index (χ0n) is 18.4. The van der Waals surface area contributed by atoms with Gasteiger partial charge in [-0.1, -0.05) is 31.4 Å². The predicted molar refractivity (Wildman–Crippen MR) is 124 cm³/mol. The van der Waals surface area contributed by atoms with E-state index in [1.54, 1.807) is 0 Å². The summed E-state index contributed by atoms with van der Waals surface area (Å²) < 4.78 is 25.9. The van der Waals surface area contributed by atoms with Crippen LogP contribution in [0.2, 0.25) is 0 Å². The van der Waals surface area contributed by atoms with Crippen molar-refractivity contribution in [2.75, 3.05) is 31.3 Å². The number of nitrogen functional groups attached to an aromatic ring is 1. The molecule has 1 heterocycles. The van der Waals surface area contributed by atoms with Crippen molar-refractivity contribution in [1.29, 1.82) is 0 Å². The van der Waals surface area contributed by atoms with Crippen LogP contribution in [0, 0.1) is 17.6 Å². The molecule has 32 heavy (non-hydrogen) atoms. The number of nitrogens with two attached hydrogens (primary N) is 1. The second-order valence-electron chi connectivity index (χ2n) is 8.19. The number of benzene rings is 2. The second-order valence-corrected chi connectivity index (χ2v) is 8.19. The molecule has 1 amide bonds. The maximum Gasteiger partial charge on any atom is 0.251 e. The van der Waals surface area contributed by atoms with Crippen molar-refractivity contribution in [3.8, 4) is 0 Å². The number of carbonyl (C=O) groups is 1. The zero-order chi connectivity index (χ0) is 23.1. The number of para-hydroxylation sites is 1. The lowest BCUT2D eigenvalue weighted by atomic mass is 9.89. The molecule has 0 saturated heterocycles. The van der Waals surface area contributed by atoms with Gasteiger partial charge in [-0.25, -0.2) is 13.8 Å². The van der Waals surface area contributed by atoms with Crippen LogP contribution in [-0.4, -0.2) is 36.5 Å². The van der Waals surface area contributed by atoms with Crippen molar-refractivity contribution in [2.24, 2.45) is 5.92 Å². The fraction of sp³-hybridized carbons (Fsp3) is 0.375. The van der Waals surface area contributed by atoms with Crippen LogP contribution in [0.4, 0.5) is 20.5 Å². The van der Waals surface area contributed by atoms with Gasteiger partial charge in [-0.2, -0.15) is 4.98 Å². The molecule has 2 aromatic carbocycles. The monoisotopic (exact) mass is 441 g/mol. The standard InChI is InChI=1S/C14H17F2NO.C10H12N4/c15-12-6-11(7-13(16)8-12)14(18)17-9-10-4-2-1-3-5-10;1-14(2)9-7-5-3-4-6-8(7)12-10(11)13-9/h6-8,10H,1-5,9H2,(H,17,18);3-6H,1-2H3,(H2,11,12,13). The Kier molecular flexibility index (Phi) is 7.92. The van der Waals surface area contributed by atoms with Crippen LogP contribution >= 0.6 is 0 Å². The third kappa shape index (κ3) is 6.35. The van der Waals surface area contributed by atoms with Crippen molar-refractivity contribution < 1.29 is 13.6 Å². The molecule has 1 aliphatic carbocycles. The summed E-state index contributed by atoms with van der Waals surface area (Å²) in [5.41, 5.74) is 6.54. The maximum absolute atomic E-state index is 13.0. The second kappa shape index (κ2) is 10.8. The number of aromatic nitrogens is 2. The number of anilines is 2. The van der Waals surface area contributed by atoms with Gasteiger partial charge in [0.1, 0.15) is 17.5 Å². The third-order valence-electron chi connectivity index (χ3n) is 5.42. The van der Waals surface area contributed by atoms with Crippen LogP contribution < -0.4 is 16.0 Å². The highest BCUT2D eigenvalue weighted by molar-refractivity contribution is 5.94. The molecule has 3 aromatic rings. The molecule has 1 aliphatic rings. The quantitative estimate of drug-likeness (QED) is 0.620. The fourth-order valence-electron chi connectivity index (χ4n) is 3.83. The Hall–Kier alpha value is -3.29. The van der Waals surface area contributed by atoms with E-state index >= 15 is 0 Å². The summed E-state index contributed by atoms with van der Waals surface area (Å²) in [6.45, 7) is 0.594. The van der Waals surface area contributed by atoms with Crippen molar-refractivity contribution in [2.45, 2.75) is 32.1 Å². The van der Waals surface area contributed by atoms with E-state index in [0.717, 1.165) is 47.8 Å². The normalized spacial score (nSPS) is 13.9. The Morgan fingerprint density at radius 2 is 1.72 bits per heavy atom. The van der Waals surface area contributed by atoms with E-state index in [1.165, 1.54) is 19.3 Å². The van der Waals surface area contributed by atoms with Gasteiger partial charge in [-0.3, -0.25) is 4.79 Å². The maximum atomic E-state index is 13.0. The molecule has 8 heteroatoms. The number of fused-ring (bicyclic) bond motifs is 1. The molecule has 0 radical (unpaired) electrons. The number of amides is 1. The van der Waals surface area contributed by atoms with E-state index in [4.69, 9.17) is 5.73 Å². The lowest BCUT2D eigenvalue weighted by Crippen LogP contribution is -2.30. The van der Waals surface area contributed by atoms with Gasteiger partial charge in [0.25, 0.3) is 5.91 Å². The van der Waals surface area contributed by atoms with Crippen molar-refractivity contribution >= 4 is 28.6 Å². The fourth-order valence-corrected chi connectivity index (χ4v) is 3.83. The highest BCUT2D eigenvalue weighted by Crippen LogP contribution is 2.23. The summed E-state index contributed by atoms with van der Waals surface area (Å²) in [5, 5.41) is 3.77. The zero-order valence-corrected chi connectivity index (χ0v) is 18.4. The van der Waals surface area contributed by atoms with Crippen LogP contribution in [0.3, 0.4) is 0 Å². The number of hydrogen-bond acceptors (Lipinski definition) is 5. The van der Waals surface area contributed by atoms with Crippen LogP contribution in [0.1, 0.15) is 42.5 Å². The molecular weight excluding hydrogens is 412 g/mol. The van der Waals surface area contributed by atoms with Gasteiger partial charge in [0, 0.05) is 37.7 Å². The van der Waals surface area contributed by atoms with Crippen molar-refractivity contribution in [3.05, 3.63) is 59.7 Å². The van der Waals surface area contributed by atoms with E-state index < -0.39 is 17.5 Å². The van der Waals surface area contributed by atoms with Gasteiger partial charge in [-0.15, -0.1) is 0 Å². The first-order valence-electron chi connectivity index (χ1n) is 10.8. The lowest BCUT2D eigenvalue weighted by Gasteiger charge is -2.21. The van der Waals surface area contributed by atoms with E-state index in [1.807, 2.05) is 43.3 Å². The molecule has 1 saturated carbocycles. The van der Waals surface area contributed by atoms with Crippen molar-refractivity contribution in [3.63, 3.8) is 0 Å². The minimum atomic E-state index is -0.724. The van der Waals surface area contributed by atoms with Gasteiger partial charge in [0.2, 0.25) is 5.95 Å². The Balaban J connectivity index is 0.000000186. The Morgan fingerprint density at radius 1 is 1.06 bits per heavy atom. The molecule has 4 rings (SSSR count). The molecule has 0 aliphatic heterocycles. The number of carbonyl (C=O) groups excluding carboxylic acids is 1. The smallest absolute Gasteiger partial charge is 0.251 e. The summed E-state index contributed by atoms with van der Waals surface area (Å²) in [6.07, 6.45) is 5.92. The first kappa shape index (κ1) is 23.4. The molecule has 0 spiro atoms. The Bertz CT molecular complexity index is 1050. The van der Waals surface area contributed by atoms with Gasteiger partial charge in [0.05, 0.1) is 5.52 Å². The molecule has 0 bridgehead atoms. The minimum Gasteiger partial charge on any atom is -0.368 e. The molecule has 6 nitrogen and oxygen atoms in total. The minimum absolute atomic E-state index is 0.0447. The molecule has 1 fully saturated rings. The average Bonchev–Trinajstić information content (AvgIpc) is 2.77. The Labute approximate surface area is 186 Å². The molecule has 1 aromatic heterocycles. The van der Waals surface area contributed by atoms with E-state index in [9.17, 15) is 13.6 Å². The van der Waals surface area contributed by atoms with Crippen LogP contribution in [-0.2, 0) is 0 Å². The number of halogens is 2. The summed E-state index contributed by atoms with van der Waals surface area (Å²) in [7, 11) is 3.88. The topological polar surface area (TPSA) is 84.1 Å². The number of nitrogens with zero attached hydrogens (tertiary/aromatic N) is 3. The Morgan fingerprint density at radius 3 is 2.38 bits per heavy atom. The first-order valence-corrected chi connectivity index (χ1v) is 10.8. The third-order valence-corrected chi connectivity index (χ3v) is 5.42. The number of nitrogens with one attached hydrogen (secondary N) is 1. The van der Waals surface area contributed by atoms with Crippen LogP contribution in [0.25, 0.3) is 10.9 Å². The van der Waals surface area contributed by atoms with E-state index in [2.05, 4.69) is 15.3 Å². The van der Waals surface area contributed by atoms with Crippen molar-refractivity contribution in [1.82, 2.24) is 15.3 Å². The first-order chi connectivity index (χ1) is 15.3. The van der Waals surface area contributed by atoms with Gasteiger partial charge < -0.3 is 16.0 Å². The van der Waals surface area contributed by atoms with Gasteiger partial charge in [0.15, 0.2) is 0 Å². The number of rotatable bonds is 4. The molecule has 0 unspecified atom stereocenters. The van der Waals surface area contributed by atoms with Crippen LogP contribution in [0.15, 0.2) is 42.5 Å². The van der Waals surface area contributed by atoms with Gasteiger partial charge >= 0.3 is 0 Å². The lowest BCUT2D eigenvalue weighted by molar-refractivity contribution is 0.0942. The predicted octanol–water partition coefficient (Wildman–Crippen LogP) is 4.55. The highest BCUT2D eigenvalue weighted by Gasteiger charge is 2.15. The summed E-state index contributed by atoms with van der Waals surface area (Å²) in [6, 6.07) is 10.7. The summed E-state index contributed by atoms with van der Waals surface area (Å²) in [5.74, 6) is -0.184. The summed E-state index contributed by atoms with van der Waals surface area (Å²) >= 11 is 0. The van der Waals surface area contributed by atoms with Crippen LogP contribution in [0.5, 0.6) is 0 Å². The highest BCUT2D eigenvalue weighted by atomic mass is 19.1. The molecule has 0 atom stereocenters. The van der Waals surface area contributed by atoms with E-state index in [-0.39, 0.29) is 5.56 Å². The average molecular weight is 442 g/mol.